The quantitative estimate of drug-likeness (QED) is 0.431. The van der Waals surface area contributed by atoms with Crippen LogP contribution >= 0.6 is 0 Å². The van der Waals surface area contributed by atoms with Crippen molar-refractivity contribution < 1.29 is 39.3 Å². The van der Waals surface area contributed by atoms with Crippen molar-refractivity contribution in [2.45, 2.75) is 51.6 Å². The number of ketones is 1. The van der Waals surface area contributed by atoms with Crippen LogP contribution in [0.3, 0.4) is 0 Å². The van der Waals surface area contributed by atoms with E-state index in [4.69, 9.17) is 21.1 Å². The SMILES string of the molecule is CC(C)C(=O)C1CCCN1C(N)=O.O=C(O)[C@@H]1CCCN1.O=C(O)c1cccc(C(=O)O)c1. The third-order valence-electron chi connectivity index (χ3n) is 5.15. The number of urea groups is 1. The van der Waals surface area contributed by atoms with E-state index in [0.717, 1.165) is 38.3 Å². The van der Waals surface area contributed by atoms with Gasteiger partial charge < -0.3 is 31.3 Å². The molecular formula is C22H31N3O8. The molecule has 0 aromatic heterocycles. The number of Topliss-reactive ketones (excluding diaryl/α,β-unsaturated/α-hetero) is 1. The van der Waals surface area contributed by atoms with Crippen molar-refractivity contribution in [3.05, 3.63) is 35.4 Å². The van der Waals surface area contributed by atoms with Gasteiger partial charge in [0.25, 0.3) is 0 Å². The zero-order valence-electron chi connectivity index (χ0n) is 18.7. The van der Waals surface area contributed by atoms with E-state index in [2.05, 4.69) is 5.32 Å². The summed E-state index contributed by atoms with van der Waals surface area (Å²) in [5.41, 5.74) is 5.12. The lowest BCUT2D eigenvalue weighted by atomic mass is 10.0. The van der Waals surface area contributed by atoms with Gasteiger partial charge in [-0.05, 0) is 50.4 Å². The number of carbonyl (C=O) groups excluding carboxylic acids is 2. The van der Waals surface area contributed by atoms with Crippen LogP contribution in [0.2, 0.25) is 0 Å². The second-order valence-corrected chi connectivity index (χ2v) is 7.93. The zero-order chi connectivity index (χ0) is 25.1. The molecule has 1 aromatic carbocycles. The van der Waals surface area contributed by atoms with E-state index in [-0.39, 0.29) is 34.9 Å². The summed E-state index contributed by atoms with van der Waals surface area (Å²) in [5, 5.41) is 28.2. The van der Waals surface area contributed by atoms with E-state index >= 15 is 0 Å². The number of carboxylic acid groups (broad SMARTS) is 3. The number of carbonyl (C=O) groups is 5. The Labute approximate surface area is 191 Å². The van der Waals surface area contributed by atoms with E-state index in [1.54, 1.807) is 0 Å². The van der Waals surface area contributed by atoms with E-state index in [1.165, 1.54) is 23.1 Å². The fraction of sp³-hybridized carbons (Fsp3) is 0.500. The summed E-state index contributed by atoms with van der Waals surface area (Å²) < 4.78 is 0. The molecule has 2 heterocycles. The fourth-order valence-corrected chi connectivity index (χ4v) is 3.39. The van der Waals surface area contributed by atoms with Crippen LogP contribution in [0.15, 0.2) is 24.3 Å². The molecule has 2 aliphatic rings. The lowest BCUT2D eigenvalue weighted by molar-refractivity contribution is -0.139. The van der Waals surface area contributed by atoms with Gasteiger partial charge in [-0.25, -0.2) is 14.4 Å². The Morgan fingerprint density at radius 1 is 1.00 bits per heavy atom. The van der Waals surface area contributed by atoms with Gasteiger partial charge in [0.15, 0.2) is 5.78 Å². The van der Waals surface area contributed by atoms with Crippen LogP contribution < -0.4 is 11.1 Å². The van der Waals surface area contributed by atoms with Crippen LogP contribution in [0.5, 0.6) is 0 Å². The number of rotatable bonds is 5. The third kappa shape index (κ3) is 8.89. The Morgan fingerprint density at radius 3 is 1.94 bits per heavy atom. The smallest absolute Gasteiger partial charge is 0.335 e. The standard InChI is InChI=1S/C9H16N2O2.C8H6O4.C5H9NO2/c1-6(2)8(12)7-4-3-5-11(7)9(10)13;9-7(10)5-2-1-3-6(4-5)8(11)12;7-5(8)4-2-1-3-6-4/h6-7H,3-5H2,1-2H3,(H2,10,13);1-4H,(H,9,10)(H,11,12);4,6H,1-3H2,(H,7,8)/t;;4-/m..0/s1. The van der Waals surface area contributed by atoms with E-state index in [0.29, 0.717) is 6.54 Å². The second-order valence-electron chi connectivity index (χ2n) is 7.93. The van der Waals surface area contributed by atoms with Crippen molar-refractivity contribution >= 4 is 29.7 Å². The number of primary amides is 1. The normalized spacial score (nSPS) is 19.1. The Bertz CT molecular complexity index is 836. The highest BCUT2D eigenvalue weighted by molar-refractivity contribution is 5.93. The average Bonchev–Trinajstić information content (AvgIpc) is 3.46. The predicted molar refractivity (Wildman–Crippen MR) is 118 cm³/mol. The molecule has 2 atom stereocenters. The number of likely N-dealkylation sites (tertiary alicyclic amines) is 1. The molecule has 1 unspecified atom stereocenters. The molecule has 2 saturated heterocycles. The van der Waals surface area contributed by atoms with Gasteiger partial charge in [-0.2, -0.15) is 0 Å². The van der Waals surface area contributed by atoms with Gasteiger partial charge in [0.05, 0.1) is 17.2 Å². The summed E-state index contributed by atoms with van der Waals surface area (Å²) in [6, 6.07) is 4.19. The summed E-state index contributed by atoms with van der Waals surface area (Å²) in [7, 11) is 0. The molecule has 2 amide bonds. The Hall–Kier alpha value is -3.47. The van der Waals surface area contributed by atoms with Crippen molar-refractivity contribution in [3.8, 4) is 0 Å². The maximum Gasteiger partial charge on any atom is 0.335 e. The minimum atomic E-state index is -1.13. The van der Waals surface area contributed by atoms with Crippen molar-refractivity contribution in [3.63, 3.8) is 0 Å². The molecule has 33 heavy (non-hydrogen) atoms. The molecule has 0 aliphatic carbocycles. The summed E-state index contributed by atoms with van der Waals surface area (Å²) in [5.74, 6) is -2.88. The zero-order valence-corrected chi connectivity index (χ0v) is 18.7. The minimum absolute atomic E-state index is 0.0186. The molecule has 182 valence electrons. The number of benzene rings is 1. The van der Waals surface area contributed by atoms with Gasteiger partial charge in [0.1, 0.15) is 6.04 Å². The van der Waals surface area contributed by atoms with Gasteiger partial charge in [-0.1, -0.05) is 19.9 Å². The van der Waals surface area contributed by atoms with Crippen LogP contribution in [-0.4, -0.2) is 75.1 Å². The van der Waals surface area contributed by atoms with Crippen molar-refractivity contribution in [1.29, 1.82) is 0 Å². The van der Waals surface area contributed by atoms with Crippen LogP contribution in [-0.2, 0) is 9.59 Å². The topological polar surface area (TPSA) is 187 Å². The lowest BCUT2D eigenvalue weighted by Crippen LogP contribution is -2.44. The van der Waals surface area contributed by atoms with Gasteiger partial charge in [0, 0.05) is 12.5 Å². The monoisotopic (exact) mass is 465 g/mol. The molecule has 2 aliphatic heterocycles. The highest BCUT2D eigenvalue weighted by atomic mass is 16.4. The first-order valence-electron chi connectivity index (χ1n) is 10.6. The maximum atomic E-state index is 11.6. The number of nitrogens with one attached hydrogen (secondary N) is 1. The molecule has 0 spiro atoms. The average molecular weight is 466 g/mol. The molecule has 2 fully saturated rings. The fourth-order valence-electron chi connectivity index (χ4n) is 3.39. The first kappa shape index (κ1) is 27.6. The number of hydrogen-bond donors (Lipinski definition) is 5. The van der Waals surface area contributed by atoms with Crippen molar-refractivity contribution in [2.75, 3.05) is 13.1 Å². The van der Waals surface area contributed by atoms with Gasteiger partial charge in [0.2, 0.25) is 0 Å². The summed E-state index contributed by atoms with van der Waals surface area (Å²) in [6.45, 7) is 5.18. The third-order valence-corrected chi connectivity index (χ3v) is 5.15. The number of hydrogen-bond acceptors (Lipinski definition) is 6. The highest BCUT2D eigenvalue weighted by Gasteiger charge is 2.33. The number of aromatic carboxylic acids is 2. The van der Waals surface area contributed by atoms with Gasteiger partial charge in [-0.3, -0.25) is 9.59 Å². The molecule has 11 heteroatoms. The van der Waals surface area contributed by atoms with E-state index < -0.39 is 23.9 Å². The first-order valence-corrected chi connectivity index (χ1v) is 10.6. The minimum Gasteiger partial charge on any atom is -0.480 e. The number of amides is 2. The number of carboxylic acids is 3. The van der Waals surface area contributed by atoms with Crippen LogP contribution in [0.25, 0.3) is 0 Å². The molecule has 11 nitrogen and oxygen atoms in total. The summed E-state index contributed by atoms with van der Waals surface area (Å²) in [6.07, 6.45) is 3.43. The number of aliphatic carboxylic acids is 1. The van der Waals surface area contributed by atoms with Gasteiger partial charge in [-0.15, -0.1) is 0 Å². The molecular weight excluding hydrogens is 434 g/mol. The molecule has 0 saturated carbocycles. The van der Waals surface area contributed by atoms with E-state index in [1.807, 2.05) is 13.8 Å². The molecule has 3 rings (SSSR count). The molecule has 0 bridgehead atoms. The Balaban J connectivity index is 0.000000254. The van der Waals surface area contributed by atoms with Crippen LogP contribution in [0.1, 0.15) is 60.2 Å². The summed E-state index contributed by atoms with van der Waals surface area (Å²) in [4.78, 5) is 54.9. The number of nitrogens with zero attached hydrogens (tertiary/aromatic N) is 1. The number of nitrogens with two attached hydrogens (primary N) is 1. The van der Waals surface area contributed by atoms with Crippen LogP contribution in [0.4, 0.5) is 4.79 Å². The Kier molecular flexibility index (Phi) is 11.0. The van der Waals surface area contributed by atoms with E-state index in [9.17, 15) is 24.0 Å². The largest absolute Gasteiger partial charge is 0.480 e. The van der Waals surface area contributed by atoms with Crippen molar-refractivity contribution in [2.24, 2.45) is 11.7 Å². The first-order chi connectivity index (χ1) is 15.5. The van der Waals surface area contributed by atoms with Crippen LogP contribution in [0, 0.1) is 5.92 Å². The van der Waals surface area contributed by atoms with Crippen molar-refractivity contribution in [1.82, 2.24) is 10.2 Å². The molecule has 1 aromatic rings. The predicted octanol–water partition coefficient (Wildman–Crippen LogP) is 1.66. The van der Waals surface area contributed by atoms with Gasteiger partial charge >= 0.3 is 23.9 Å². The summed E-state index contributed by atoms with van der Waals surface area (Å²) >= 11 is 0. The lowest BCUT2D eigenvalue weighted by Gasteiger charge is -2.22. The molecule has 6 N–H and O–H groups in total. The highest BCUT2D eigenvalue weighted by Crippen LogP contribution is 2.20. The second kappa shape index (κ2) is 13.2. The Morgan fingerprint density at radius 2 is 1.58 bits per heavy atom. The maximum absolute atomic E-state index is 11.6. The molecule has 0 radical (unpaired) electrons.